The van der Waals surface area contributed by atoms with Crippen LogP contribution in [0.5, 0.6) is 5.75 Å². The molecule has 2 nitrogen and oxygen atoms in total. The Balaban J connectivity index is 0.00000242. The molecule has 0 spiro atoms. The van der Waals surface area contributed by atoms with Crippen LogP contribution in [-0.2, 0) is 6.18 Å². The van der Waals surface area contributed by atoms with Crippen molar-refractivity contribution in [3.8, 4) is 5.75 Å². The summed E-state index contributed by atoms with van der Waals surface area (Å²) in [4.78, 5) is 0. The maximum absolute atomic E-state index is 13.0. The standard InChI is InChI=1S/C16H22F3NO.ClH/c1-2-3-8-21-15-10-13(12-4-6-20-7-5-12)9-14(11-15)16(17,18)19;/h9-12,20H,2-8H2,1H3;1H. The summed E-state index contributed by atoms with van der Waals surface area (Å²) in [6.45, 7) is 4.19. The molecule has 0 amide bonds. The minimum absolute atomic E-state index is 0. The highest BCUT2D eigenvalue weighted by Gasteiger charge is 2.32. The zero-order chi connectivity index (χ0) is 15.3. The van der Waals surface area contributed by atoms with E-state index in [0.717, 1.165) is 50.4 Å². The van der Waals surface area contributed by atoms with E-state index in [1.54, 1.807) is 6.07 Å². The largest absolute Gasteiger partial charge is 0.494 e. The summed E-state index contributed by atoms with van der Waals surface area (Å²) in [6, 6.07) is 4.17. The van der Waals surface area contributed by atoms with Gasteiger partial charge in [0.2, 0.25) is 0 Å². The first-order valence-corrected chi connectivity index (χ1v) is 7.56. The van der Waals surface area contributed by atoms with Crippen molar-refractivity contribution >= 4 is 12.4 Å². The first-order valence-electron chi connectivity index (χ1n) is 7.56. The van der Waals surface area contributed by atoms with Gasteiger partial charge in [-0.2, -0.15) is 13.2 Å². The fraction of sp³-hybridized carbons (Fsp3) is 0.625. The van der Waals surface area contributed by atoms with Gasteiger partial charge in [0.05, 0.1) is 12.2 Å². The quantitative estimate of drug-likeness (QED) is 0.781. The molecule has 22 heavy (non-hydrogen) atoms. The third kappa shape index (κ3) is 5.36. The van der Waals surface area contributed by atoms with E-state index in [2.05, 4.69) is 5.32 Å². The van der Waals surface area contributed by atoms with Crippen molar-refractivity contribution in [2.24, 2.45) is 0 Å². The summed E-state index contributed by atoms with van der Waals surface area (Å²) < 4.78 is 44.6. The second kappa shape index (κ2) is 8.63. The molecule has 1 aromatic carbocycles. The molecule has 0 bridgehead atoms. The van der Waals surface area contributed by atoms with Crippen molar-refractivity contribution < 1.29 is 17.9 Å². The number of alkyl halides is 3. The summed E-state index contributed by atoms with van der Waals surface area (Å²) in [6.07, 6.45) is -0.781. The summed E-state index contributed by atoms with van der Waals surface area (Å²) >= 11 is 0. The summed E-state index contributed by atoms with van der Waals surface area (Å²) in [7, 11) is 0. The van der Waals surface area contributed by atoms with Gasteiger partial charge >= 0.3 is 6.18 Å². The summed E-state index contributed by atoms with van der Waals surface area (Å²) in [5, 5.41) is 3.23. The van der Waals surface area contributed by atoms with Crippen molar-refractivity contribution in [3.63, 3.8) is 0 Å². The minimum atomic E-state index is -4.33. The van der Waals surface area contributed by atoms with E-state index in [1.165, 1.54) is 6.07 Å². The van der Waals surface area contributed by atoms with Crippen LogP contribution in [0.4, 0.5) is 13.2 Å². The highest BCUT2D eigenvalue weighted by atomic mass is 35.5. The Kier molecular flexibility index (Phi) is 7.49. The zero-order valence-electron chi connectivity index (χ0n) is 12.7. The molecule has 0 radical (unpaired) electrons. The Labute approximate surface area is 135 Å². The normalized spacial score (nSPS) is 16.2. The van der Waals surface area contributed by atoms with Gasteiger partial charge in [0, 0.05) is 0 Å². The highest BCUT2D eigenvalue weighted by Crippen LogP contribution is 2.36. The van der Waals surface area contributed by atoms with Gasteiger partial charge in [-0.05, 0) is 62.0 Å². The molecule has 126 valence electrons. The van der Waals surface area contributed by atoms with E-state index < -0.39 is 11.7 Å². The number of nitrogens with one attached hydrogen (secondary N) is 1. The van der Waals surface area contributed by atoms with Crippen molar-refractivity contribution in [1.82, 2.24) is 5.32 Å². The van der Waals surface area contributed by atoms with Crippen LogP contribution < -0.4 is 10.1 Å². The van der Waals surface area contributed by atoms with Crippen molar-refractivity contribution in [2.45, 2.75) is 44.7 Å². The van der Waals surface area contributed by atoms with Gasteiger partial charge < -0.3 is 10.1 Å². The van der Waals surface area contributed by atoms with Crippen molar-refractivity contribution in [1.29, 1.82) is 0 Å². The summed E-state index contributed by atoms with van der Waals surface area (Å²) in [5.41, 5.74) is 0.142. The highest BCUT2D eigenvalue weighted by molar-refractivity contribution is 5.85. The molecule has 1 aromatic rings. The Hall–Kier alpha value is -0.940. The molecule has 2 rings (SSSR count). The van der Waals surface area contributed by atoms with Gasteiger partial charge in [0.1, 0.15) is 5.75 Å². The Morgan fingerprint density at radius 3 is 2.45 bits per heavy atom. The molecule has 1 heterocycles. The number of piperidine rings is 1. The average Bonchev–Trinajstić information content (AvgIpc) is 2.47. The van der Waals surface area contributed by atoms with Gasteiger partial charge in [-0.15, -0.1) is 12.4 Å². The van der Waals surface area contributed by atoms with E-state index >= 15 is 0 Å². The fourth-order valence-corrected chi connectivity index (χ4v) is 2.59. The number of benzene rings is 1. The third-order valence-corrected chi connectivity index (χ3v) is 3.83. The lowest BCUT2D eigenvalue weighted by molar-refractivity contribution is -0.137. The number of rotatable bonds is 5. The molecule has 0 unspecified atom stereocenters. The number of ether oxygens (including phenoxy) is 1. The monoisotopic (exact) mass is 337 g/mol. The third-order valence-electron chi connectivity index (χ3n) is 3.83. The molecule has 0 aliphatic carbocycles. The van der Waals surface area contributed by atoms with Crippen LogP contribution in [0.2, 0.25) is 0 Å². The molecule has 0 aromatic heterocycles. The Morgan fingerprint density at radius 2 is 1.86 bits per heavy atom. The second-order valence-corrected chi connectivity index (χ2v) is 5.51. The van der Waals surface area contributed by atoms with Gasteiger partial charge in [0.25, 0.3) is 0 Å². The van der Waals surface area contributed by atoms with Gasteiger partial charge in [-0.1, -0.05) is 13.3 Å². The summed E-state index contributed by atoms with van der Waals surface area (Å²) in [5.74, 6) is 0.522. The molecule has 1 aliphatic heterocycles. The SMILES string of the molecule is CCCCOc1cc(C2CCNCC2)cc(C(F)(F)F)c1.Cl. The molecule has 0 saturated carbocycles. The maximum atomic E-state index is 13.0. The molecule has 0 atom stereocenters. The van der Waals surface area contributed by atoms with Crippen LogP contribution in [0.3, 0.4) is 0 Å². The van der Waals surface area contributed by atoms with Gasteiger partial charge in [-0.25, -0.2) is 0 Å². The van der Waals surface area contributed by atoms with Gasteiger partial charge in [-0.3, -0.25) is 0 Å². The van der Waals surface area contributed by atoms with E-state index in [9.17, 15) is 13.2 Å². The van der Waals surface area contributed by atoms with Crippen LogP contribution >= 0.6 is 12.4 Å². The molecular formula is C16H23ClF3NO. The molecule has 6 heteroatoms. The number of unbranched alkanes of at least 4 members (excludes halogenated alkanes) is 1. The Morgan fingerprint density at radius 1 is 1.18 bits per heavy atom. The van der Waals surface area contributed by atoms with E-state index in [-0.39, 0.29) is 18.3 Å². The van der Waals surface area contributed by atoms with Crippen LogP contribution in [0.1, 0.15) is 49.7 Å². The Bertz CT molecular complexity index is 459. The average molecular weight is 338 g/mol. The first kappa shape index (κ1) is 19.1. The van der Waals surface area contributed by atoms with E-state index in [4.69, 9.17) is 4.74 Å². The molecular weight excluding hydrogens is 315 g/mol. The molecule has 1 fully saturated rings. The van der Waals surface area contributed by atoms with Crippen molar-refractivity contribution in [3.05, 3.63) is 29.3 Å². The zero-order valence-corrected chi connectivity index (χ0v) is 13.5. The van der Waals surface area contributed by atoms with Crippen molar-refractivity contribution in [2.75, 3.05) is 19.7 Å². The van der Waals surface area contributed by atoms with Crippen LogP contribution in [0.25, 0.3) is 0 Å². The van der Waals surface area contributed by atoms with Crippen LogP contribution in [-0.4, -0.2) is 19.7 Å². The lowest BCUT2D eigenvalue weighted by atomic mass is 9.89. The lowest BCUT2D eigenvalue weighted by Gasteiger charge is -2.24. The molecule has 1 N–H and O–H groups in total. The minimum Gasteiger partial charge on any atom is -0.494 e. The lowest BCUT2D eigenvalue weighted by Crippen LogP contribution is -2.26. The number of hydrogen-bond donors (Lipinski definition) is 1. The fourth-order valence-electron chi connectivity index (χ4n) is 2.59. The second-order valence-electron chi connectivity index (χ2n) is 5.51. The smallest absolute Gasteiger partial charge is 0.416 e. The topological polar surface area (TPSA) is 21.3 Å². The van der Waals surface area contributed by atoms with Crippen LogP contribution in [0.15, 0.2) is 18.2 Å². The molecule has 1 saturated heterocycles. The maximum Gasteiger partial charge on any atom is 0.416 e. The first-order chi connectivity index (χ1) is 10.0. The molecule has 1 aliphatic rings. The number of halogens is 4. The number of hydrogen-bond acceptors (Lipinski definition) is 2. The predicted octanol–water partition coefficient (Wildman–Crippen LogP) is 4.77. The predicted molar refractivity (Wildman–Crippen MR) is 83.9 cm³/mol. The van der Waals surface area contributed by atoms with Crippen LogP contribution in [0, 0.1) is 0 Å². The van der Waals surface area contributed by atoms with Gasteiger partial charge in [0.15, 0.2) is 0 Å². The van der Waals surface area contributed by atoms with E-state index in [1.807, 2.05) is 6.92 Å². The van der Waals surface area contributed by atoms with E-state index in [0.29, 0.717) is 12.4 Å².